The first-order valence-electron chi connectivity index (χ1n) is 8.05. The highest BCUT2D eigenvalue weighted by atomic mass is 16.5. The van der Waals surface area contributed by atoms with Crippen LogP contribution in [0.1, 0.15) is 23.2 Å². The van der Waals surface area contributed by atoms with E-state index in [1.54, 1.807) is 0 Å². The second-order valence-electron chi connectivity index (χ2n) is 6.13. The average molecular weight is 304 g/mol. The van der Waals surface area contributed by atoms with Crippen molar-refractivity contribution in [3.05, 3.63) is 59.4 Å². The van der Waals surface area contributed by atoms with E-state index in [4.69, 9.17) is 4.74 Å². The lowest BCUT2D eigenvalue weighted by atomic mass is 9.98. The van der Waals surface area contributed by atoms with Crippen molar-refractivity contribution in [1.82, 2.24) is 9.97 Å². The number of rotatable bonds is 2. The predicted molar refractivity (Wildman–Crippen MR) is 94.4 cm³/mol. The minimum Gasteiger partial charge on any atom is -0.377 e. The van der Waals surface area contributed by atoms with Crippen LogP contribution in [0, 0.1) is 13.8 Å². The number of pyridine rings is 1. The number of nitrogens with one attached hydrogen (secondary N) is 1. The SMILES string of the molecule is Cc1ccc(-c2nccc3c(C4=CCOCC4)c(C)[nH]c23)cc1. The summed E-state index contributed by atoms with van der Waals surface area (Å²) in [6.07, 6.45) is 5.08. The quantitative estimate of drug-likeness (QED) is 0.748. The van der Waals surface area contributed by atoms with Crippen LogP contribution in [0.25, 0.3) is 27.7 Å². The van der Waals surface area contributed by atoms with Crippen molar-refractivity contribution in [2.75, 3.05) is 13.2 Å². The standard InChI is InChI=1S/C20H20N2O/c1-13-3-5-16(6-4-13)19-20-17(7-10-21-19)18(14(2)22-20)15-8-11-23-12-9-15/h3-8,10,22H,9,11-12H2,1-2H3. The van der Waals surface area contributed by atoms with Crippen molar-refractivity contribution in [2.24, 2.45) is 0 Å². The van der Waals surface area contributed by atoms with Crippen LogP contribution in [0.4, 0.5) is 0 Å². The summed E-state index contributed by atoms with van der Waals surface area (Å²) in [4.78, 5) is 8.19. The number of ether oxygens (including phenoxy) is 1. The molecule has 3 aromatic rings. The Morgan fingerprint density at radius 1 is 1.09 bits per heavy atom. The van der Waals surface area contributed by atoms with Gasteiger partial charge in [-0.05, 0) is 31.9 Å². The molecule has 23 heavy (non-hydrogen) atoms. The number of fused-ring (bicyclic) bond motifs is 1. The lowest BCUT2D eigenvalue weighted by Crippen LogP contribution is -2.04. The molecule has 116 valence electrons. The van der Waals surface area contributed by atoms with E-state index in [1.165, 1.54) is 27.8 Å². The minimum atomic E-state index is 0.706. The largest absolute Gasteiger partial charge is 0.377 e. The molecule has 1 aliphatic rings. The molecule has 0 aliphatic carbocycles. The van der Waals surface area contributed by atoms with Crippen LogP contribution in [-0.4, -0.2) is 23.2 Å². The van der Waals surface area contributed by atoms with Gasteiger partial charge in [0.2, 0.25) is 0 Å². The number of hydrogen-bond acceptors (Lipinski definition) is 2. The fourth-order valence-corrected chi connectivity index (χ4v) is 3.35. The van der Waals surface area contributed by atoms with E-state index in [0.717, 1.165) is 29.8 Å². The second kappa shape index (κ2) is 5.67. The van der Waals surface area contributed by atoms with Gasteiger partial charge in [0.05, 0.1) is 24.4 Å². The lowest BCUT2D eigenvalue weighted by Gasteiger charge is -2.14. The summed E-state index contributed by atoms with van der Waals surface area (Å²) in [5, 5.41) is 1.25. The maximum Gasteiger partial charge on any atom is 0.0943 e. The number of aryl methyl sites for hydroxylation is 2. The molecule has 2 aromatic heterocycles. The van der Waals surface area contributed by atoms with Crippen LogP contribution in [0.3, 0.4) is 0 Å². The first kappa shape index (κ1) is 14.2. The highest BCUT2D eigenvalue weighted by molar-refractivity contribution is 6.00. The Kier molecular flexibility index (Phi) is 3.50. The summed E-state index contributed by atoms with van der Waals surface area (Å²) in [6, 6.07) is 10.7. The average Bonchev–Trinajstić information content (AvgIpc) is 2.92. The number of benzene rings is 1. The third-order valence-electron chi connectivity index (χ3n) is 4.52. The van der Waals surface area contributed by atoms with Gasteiger partial charge in [0.1, 0.15) is 0 Å². The van der Waals surface area contributed by atoms with Crippen molar-refractivity contribution < 1.29 is 4.74 Å². The van der Waals surface area contributed by atoms with Gasteiger partial charge in [-0.15, -0.1) is 0 Å². The van der Waals surface area contributed by atoms with Gasteiger partial charge in [0.25, 0.3) is 0 Å². The molecule has 0 unspecified atom stereocenters. The minimum absolute atomic E-state index is 0.706. The first-order chi connectivity index (χ1) is 11.2. The van der Waals surface area contributed by atoms with Gasteiger partial charge in [-0.1, -0.05) is 35.9 Å². The molecule has 0 bridgehead atoms. The molecule has 1 aliphatic heterocycles. The van der Waals surface area contributed by atoms with E-state index in [1.807, 2.05) is 6.20 Å². The summed E-state index contributed by atoms with van der Waals surface area (Å²) in [7, 11) is 0. The van der Waals surface area contributed by atoms with Gasteiger partial charge in [0, 0.05) is 28.4 Å². The molecule has 3 heterocycles. The number of H-pyrrole nitrogens is 1. The Hall–Kier alpha value is -2.39. The molecule has 3 nitrogen and oxygen atoms in total. The first-order valence-corrected chi connectivity index (χ1v) is 8.05. The van der Waals surface area contributed by atoms with E-state index in [2.05, 4.69) is 60.2 Å². The molecular weight excluding hydrogens is 284 g/mol. The summed E-state index contributed by atoms with van der Waals surface area (Å²) >= 11 is 0. The van der Waals surface area contributed by atoms with Crippen LogP contribution < -0.4 is 0 Å². The predicted octanol–water partition coefficient (Wildman–Crippen LogP) is 4.65. The molecule has 4 rings (SSSR count). The third-order valence-corrected chi connectivity index (χ3v) is 4.52. The Labute approximate surface area is 136 Å². The van der Waals surface area contributed by atoms with E-state index in [-0.39, 0.29) is 0 Å². The maximum atomic E-state index is 5.45. The van der Waals surface area contributed by atoms with Gasteiger partial charge in [-0.25, -0.2) is 0 Å². The van der Waals surface area contributed by atoms with Gasteiger partial charge in [-0.2, -0.15) is 0 Å². The Morgan fingerprint density at radius 3 is 2.65 bits per heavy atom. The van der Waals surface area contributed by atoms with Gasteiger partial charge in [-0.3, -0.25) is 4.98 Å². The number of aromatic amines is 1. The van der Waals surface area contributed by atoms with Crippen LogP contribution >= 0.6 is 0 Å². The van der Waals surface area contributed by atoms with E-state index in [0.29, 0.717) is 6.61 Å². The highest BCUT2D eigenvalue weighted by Gasteiger charge is 2.17. The zero-order valence-electron chi connectivity index (χ0n) is 13.5. The molecule has 0 saturated carbocycles. The van der Waals surface area contributed by atoms with Crippen molar-refractivity contribution in [3.63, 3.8) is 0 Å². The van der Waals surface area contributed by atoms with Crippen LogP contribution in [0.5, 0.6) is 0 Å². The number of nitrogens with zero attached hydrogens (tertiary/aromatic N) is 1. The topological polar surface area (TPSA) is 37.9 Å². The van der Waals surface area contributed by atoms with Crippen molar-refractivity contribution in [3.8, 4) is 11.3 Å². The zero-order valence-corrected chi connectivity index (χ0v) is 13.5. The molecule has 0 atom stereocenters. The van der Waals surface area contributed by atoms with E-state index < -0.39 is 0 Å². The van der Waals surface area contributed by atoms with Crippen molar-refractivity contribution in [2.45, 2.75) is 20.3 Å². The normalized spacial score (nSPS) is 15.0. The third kappa shape index (κ3) is 2.47. The Balaban J connectivity index is 1.92. The van der Waals surface area contributed by atoms with Crippen LogP contribution in [0.2, 0.25) is 0 Å². The molecule has 0 amide bonds. The maximum absolute atomic E-state index is 5.45. The molecule has 0 fully saturated rings. The van der Waals surface area contributed by atoms with Crippen LogP contribution in [-0.2, 0) is 4.74 Å². The zero-order chi connectivity index (χ0) is 15.8. The summed E-state index contributed by atoms with van der Waals surface area (Å²) in [6.45, 7) is 5.75. The highest BCUT2D eigenvalue weighted by Crippen LogP contribution is 2.35. The van der Waals surface area contributed by atoms with Gasteiger partial charge in [0.15, 0.2) is 0 Å². The molecule has 0 spiro atoms. The van der Waals surface area contributed by atoms with E-state index >= 15 is 0 Å². The van der Waals surface area contributed by atoms with Gasteiger partial charge < -0.3 is 9.72 Å². The van der Waals surface area contributed by atoms with Crippen molar-refractivity contribution in [1.29, 1.82) is 0 Å². The molecule has 0 radical (unpaired) electrons. The van der Waals surface area contributed by atoms with Gasteiger partial charge >= 0.3 is 0 Å². The molecule has 0 saturated heterocycles. The van der Waals surface area contributed by atoms with Crippen LogP contribution in [0.15, 0.2) is 42.6 Å². The second-order valence-corrected chi connectivity index (χ2v) is 6.13. The fraction of sp³-hybridized carbons (Fsp3) is 0.250. The molecule has 3 heteroatoms. The number of hydrogen-bond donors (Lipinski definition) is 1. The summed E-state index contributed by atoms with van der Waals surface area (Å²) in [5.41, 5.74) is 8.45. The molecule has 1 aromatic carbocycles. The Bertz CT molecular complexity index is 888. The summed E-state index contributed by atoms with van der Waals surface area (Å²) < 4.78 is 5.45. The van der Waals surface area contributed by atoms with Crippen molar-refractivity contribution >= 4 is 16.5 Å². The number of aromatic nitrogens is 2. The monoisotopic (exact) mass is 304 g/mol. The molecular formula is C20H20N2O. The smallest absolute Gasteiger partial charge is 0.0943 e. The fourth-order valence-electron chi connectivity index (χ4n) is 3.35. The Morgan fingerprint density at radius 2 is 1.91 bits per heavy atom. The lowest BCUT2D eigenvalue weighted by molar-refractivity contribution is 0.161. The molecule has 1 N–H and O–H groups in total. The summed E-state index contributed by atoms with van der Waals surface area (Å²) in [5.74, 6) is 0. The van der Waals surface area contributed by atoms with E-state index in [9.17, 15) is 0 Å².